The van der Waals surface area contributed by atoms with Gasteiger partial charge in [-0.05, 0) is 23.8 Å². The number of aromatic nitrogens is 8. The molecule has 0 atom stereocenters. The van der Waals surface area contributed by atoms with Gasteiger partial charge >= 0.3 is 0 Å². The van der Waals surface area contributed by atoms with Crippen molar-refractivity contribution in [2.45, 2.75) is 51.9 Å². The van der Waals surface area contributed by atoms with Crippen LogP contribution in [0.4, 0.5) is 0 Å². The Bertz CT molecular complexity index is 684. The maximum atomic E-state index is 3.90. The van der Waals surface area contributed by atoms with E-state index >= 15 is 0 Å². The summed E-state index contributed by atoms with van der Waals surface area (Å²) < 4.78 is 0.964. The van der Waals surface area contributed by atoms with Crippen molar-refractivity contribution >= 4 is 15.9 Å². The molecule has 2 N–H and O–H groups in total. The number of aryl methyl sites for hydroxylation is 1. The average molecular weight is 407 g/mol. The van der Waals surface area contributed by atoms with E-state index in [9.17, 15) is 0 Å². The Morgan fingerprint density at radius 3 is 2.28 bits per heavy atom. The van der Waals surface area contributed by atoms with Crippen molar-refractivity contribution in [2.75, 3.05) is 0 Å². The highest BCUT2D eigenvalue weighted by molar-refractivity contribution is 9.10. The van der Waals surface area contributed by atoms with Gasteiger partial charge in [0.05, 0.1) is 0 Å². The maximum Gasteiger partial charge on any atom is 0.205 e. The van der Waals surface area contributed by atoms with E-state index in [2.05, 4.69) is 64.1 Å². The van der Waals surface area contributed by atoms with Crippen LogP contribution >= 0.6 is 15.9 Å². The summed E-state index contributed by atoms with van der Waals surface area (Å²) in [5.41, 5.74) is 0.936. The first-order chi connectivity index (χ1) is 12.3. The molecule has 9 heteroatoms. The topological polar surface area (TPSA) is 109 Å². The summed E-state index contributed by atoms with van der Waals surface area (Å²) in [6.07, 6.45) is 8.81. The molecular formula is C16H23BrN8. The first-order valence-electron chi connectivity index (χ1n) is 8.52. The number of hydrogen-bond donors (Lipinski definition) is 2. The van der Waals surface area contributed by atoms with Gasteiger partial charge in [0.25, 0.3) is 0 Å². The summed E-state index contributed by atoms with van der Waals surface area (Å²) in [4.78, 5) is 0. The number of nitrogens with one attached hydrogen (secondary N) is 2. The Labute approximate surface area is 155 Å². The Kier molecular flexibility index (Phi) is 8.74. The zero-order chi connectivity index (χ0) is 17.7. The van der Waals surface area contributed by atoms with Crippen molar-refractivity contribution < 1.29 is 0 Å². The summed E-state index contributed by atoms with van der Waals surface area (Å²) in [6.45, 7) is 2.24. The smallest absolute Gasteiger partial charge is 0.177 e. The zero-order valence-corrected chi connectivity index (χ0v) is 15.9. The highest BCUT2D eigenvalue weighted by atomic mass is 79.9. The Balaban J connectivity index is 0.000000181. The normalized spacial score (nSPS) is 10.3. The van der Waals surface area contributed by atoms with Gasteiger partial charge < -0.3 is 0 Å². The van der Waals surface area contributed by atoms with Gasteiger partial charge in [-0.3, -0.25) is 0 Å². The quantitative estimate of drug-likeness (QED) is 0.551. The van der Waals surface area contributed by atoms with Crippen LogP contribution in [0.15, 0.2) is 28.7 Å². The molecule has 3 aromatic rings. The molecule has 25 heavy (non-hydrogen) atoms. The molecule has 0 bridgehead atoms. The van der Waals surface area contributed by atoms with E-state index in [1.165, 1.54) is 38.5 Å². The van der Waals surface area contributed by atoms with Crippen LogP contribution in [0.1, 0.15) is 51.3 Å². The molecule has 0 saturated heterocycles. The second-order valence-corrected chi connectivity index (χ2v) is 6.42. The molecule has 0 aliphatic heterocycles. The second kappa shape index (κ2) is 11.4. The van der Waals surface area contributed by atoms with E-state index in [1.807, 2.05) is 24.3 Å². The number of hydrogen-bond acceptors (Lipinski definition) is 6. The third kappa shape index (κ3) is 7.08. The third-order valence-corrected chi connectivity index (χ3v) is 4.29. The summed E-state index contributed by atoms with van der Waals surface area (Å²) in [6, 6.07) is 7.73. The minimum Gasteiger partial charge on any atom is -0.177 e. The minimum absolute atomic E-state index is 0.600. The lowest BCUT2D eigenvalue weighted by Gasteiger charge is -1.97. The summed E-state index contributed by atoms with van der Waals surface area (Å²) in [5.74, 6) is 1.44. The standard InChI is InChI=1S/C9H18N4.C7H5BrN4/c1-2-3-4-5-6-7-8-9-10-12-13-11-9;8-6-4-2-1-3-5(6)7-9-11-12-10-7/h2-8H2,1H3,(H,10,11,12,13);1-4H,(H,9,10,11,12). The number of aromatic amines is 2. The lowest BCUT2D eigenvalue weighted by molar-refractivity contribution is 0.601. The molecule has 0 aliphatic rings. The van der Waals surface area contributed by atoms with Gasteiger partial charge in [0.1, 0.15) is 0 Å². The van der Waals surface area contributed by atoms with Crippen molar-refractivity contribution in [2.24, 2.45) is 0 Å². The molecule has 0 saturated carbocycles. The minimum atomic E-state index is 0.600. The summed E-state index contributed by atoms with van der Waals surface area (Å²) in [7, 11) is 0. The molecule has 0 amide bonds. The highest BCUT2D eigenvalue weighted by Crippen LogP contribution is 2.23. The van der Waals surface area contributed by atoms with Gasteiger partial charge in [-0.15, -0.1) is 20.4 Å². The lowest BCUT2D eigenvalue weighted by atomic mass is 10.1. The molecule has 8 nitrogen and oxygen atoms in total. The Hall–Kier alpha value is -2.16. The fourth-order valence-electron chi connectivity index (χ4n) is 2.27. The summed E-state index contributed by atoms with van der Waals surface area (Å²) >= 11 is 3.40. The van der Waals surface area contributed by atoms with Gasteiger partial charge in [-0.2, -0.15) is 10.4 Å². The van der Waals surface area contributed by atoms with E-state index in [-0.39, 0.29) is 0 Å². The van der Waals surface area contributed by atoms with E-state index in [0.29, 0.717) is 5.82 Å². The number of rotatable bonds is 8. The number of H-pyrrole nitrogens is 2. The van der Waals surface area contributed by atoms with Crippen LogP contribution in [0.3, 0.4) is 0 Å². The molecule has 0 unspecified atom stereocenters. The molecular weight excluding hydrogens is 384 g/mol. The molecule has 0 radical (unpaired) electrons. The molecule has 3 rings (SSSR count). The van der Waals surface area contributed by atoms with Crippen molar-refractivity contribution in [1.82, 2.24) is 41.2 Å². The number of benzene rings is 1. The van der Waals surface area contributed by atoms with Crippen LogP contribution in [0.5, 0.6) is 0 Å². The predicted octanol–water partition coefficient (Wildman–Crippen LogP) is 3.73. The van der Waals surface area contributed by atoms with E-state index in [0.717, 1.165) is 22.3 Å². The Morgan fingerprint density at radius 1 is 0.880 bits per heavy atom. The average Bonchev–Trinajstić information content (AvgIpc) is 3.33. The Morgan fingerprint density at radius 2 is 1.60 bits per heavy atom. The second-order valence-electron chi connectivity index (χ2n) is 5.56. The lowest BCUT2D eigenvalue weighted by Crippen LogP contribution is -1.89. The fraction of sp³-hybridized carbons (Fsp3) is 0.500. The molecule has 2 aromatic heterocycles. The van der Waals surface area contributed by atoms with E-state index < -0.39 is 0 Å². The van der Waals surface area contributed by atoms with Crippen LogP contribution in [0.25, 0.3) is 11.4 Å². The van der Waals surface area contributed by atoms with Crippen molar-refractivity contribution in [3.8, 4) is 11.4 Å². The first-order valence-corrected chi connectivity index (χ1v) is 9.31. The van der Waals surface area contributed by atoms with Crippen LogP contribution < -0.4 is 0 Å². The molecule has 1 aromatic carbocycles. The van der Waals surface area contributed by atoms with Crippen LogP contribution in [0.2, 0.25) is 0 Å². The maximum absolute atomic E-state index is 3.90. The van der Waals surface area contributed by atoms with Crippen molar-refractivity contribution in [3.63, 3.8) is 0 Å². The number of unbranched alkanes of at least 4 members (excludes halogenated alkanes) is 5. The fourth-order valence-corrected chi connectivity index (χ4v) is 2.73. The van der Waals surface area contributed by atoms with Crippen molar-refractivity contribution in [3.05, 3.63) is 34.6 Å². The van der Waals surface area contributed by atoms with Gasteiger partial charge in [0, 0.05) is 16.5 Å². The van der Waals surface area contributed by atoms with Gasteiger partial charge in [-0.1, -0.05) is 72.3 Å². The first kappa shape index (κ1) is 19.2. The number of halogens is 1. The van der Waals surface area contributed by atoms with Gasteiger partial charge in [-0.25, -0.2) is 0 Å². The predicted molar refractivity (Wildman–Crippen MR) is 98.6 cm³/mol. The van der Waals surface area contributed by atoms with E-state index in [1.54, 1.807) is 0 Å². The van der Waals surface area contributed by atoms with Gasteiger partial charge in [0.15, 0.2) is 5.82 Å². The third-order valence-electron chi connectivity index (χ3n) is 3.60. The highest BCUT2D eigenvalue weighted by Gasteiger charge is 2.05. The van der Waals surface area contributed by atoms with Crippen LogP contribution in [-0.2, 0) is 6.42 Å². The largest absolute Gasteiger partial charge is 0.205 e. The summed E-state index contributed by atoms with van der Waals surface area (Å²) in [5, 5.41) is 27.4. The van der Waals surface area contributed by atoms with Gasteiger partial charge in [0.2, 0.25) is 5.82 Å². The van der Waals surface area contributed by atoms with Crippen LogP contribution in [-0.4, -0.2) is 41.2 Å². The number of tetrazole rings is 2. The monoisotopic (exact) mass is 406 g/mol. The molecule has 0 fully saturated rings. The SMILES string of the molecule is Brc1ccccc1-c1nn[nH]n1.CCCCCCCCc1nn[nH]n1. The number of nitrogens with zero attached hydrogens (tertiary/aromatic N) is 6. The molecule has 0 spiro atoms. The van der Waals surface area contributed by atoms with Crippen LogP contribution in [0, 0.1) is 0 Å². The zero-order valence-electron chi connectivity index (χ0n) is 14.3. The van der Waals surface area contributed by atoms with Crippen molar-refractivity contribution in [1.29, 1.82) is 0 Å². The molecule has 134 valence electrons. The molecule has 0 aliphatic carbocycles. The molecule has 2 heterocycles. The van der Waals surface area contributed by atoms with E-state index in [4.69, 9.17) is 0 Å².